The van der Waals surface area contributed by atoms with Crippen molar-refractivity contribution < 1.29 is 4.79 Å². The van der Waals surface area contributed by atoms with Crippen molar-refractivity contribution in [1.82, 2.24) is 5.32 Å². The molecule has 11 heavy (non-hydrogen) atoms. The molecule has 3 heteroatoms. The second kappa shape index (κ2) is 3.32. The van der Waals surface area contributed by atoms with Crippen molar-refractivity contribution >= 4 is 11.6 Å². The van der Waals surface area contributed by atoms with Crippen LogP contribution in [0.4, 0.5) is 0 Å². The lowest BCUT2D eigenvalue weighted by molar-refractivity contribution is -0.114. The van der Waals surface area contributed by atoms with E-state index in [1.54, 1.807) is 13.2 Å². The number of carbonyl (C=O) groups is 1. The van der Waals surface area contributed by atoms with Gasteiger partial charge >= 0.3 is 0 Å². The first kappa shape index (κ1) is 7.98. The Morgan fingerprint density at radius 2 is 2.55 bits per heavy atom. The van der Waals surface area contributed by atoms with E-state index in [-0.39, 0.29) is 5.91 Å². The predicted molar refractivity (Wildman–Crippen MR) is 44.4 cm³/mol. The maximum Gasteiger partial charge on any atom is 0.265 e. The molecule has 0 radical (unpaired) electrons. The lowest BCUT2D eigenvalue weighted by atomic mass is 10.0. The number of amides is 1. The van der Waals surface area contributed by atoms with Gasteiger partial charge in [-0.05, 0) is 5.92 Å². The molecule has 1 atom stereocenters. The number of hydrogen-bond acceptors (Lipinski definition) is 2. The molecule has 1 N–H and O–H groups in total. The molecule has 1 heterocycles. The number of hydrogen-bond donors (Lipinski definition) is 1. The van der Waals surface area contributed by atoms with Gasteiger partial charge in [0.2, 0.25) is 0 Å². The highest BCUT2D eigenvalue weighted by molar-refractivity contribution is 6.39. The van der Waals surface area contributed by atoms with Crippen molar-refractivity contribution in [3.63, 3.8) is 0 Å². The molecule has 3 nitrogen and oxygen atoms in total. The number of rotatable bonds is 1. The first-order valence-corrected chi connectivity index (χ1v) is 3.69. The summed E-state index contributed by atoms with van der Waals surface area (Å²) in [4.78, 5) is 15.0. The molecule has 1 aliphatic heterocycles. The van der Waals surface area contributed by atoms with Crippen LogP contribution in [0.15, 0.2) is 17.3 Å². The highest BCUT2D eigenvalue weighted by Crippen LogP contribution is 2.10. The summed E-state index contributed by atoms with van der Waals surface area (Å²) in [6, 6.07) is 0. The highest BCUT2D eigenvalue weighted by atomic mass is 16.1. The summed E-state index contributed by atoms with van der Waals surface area (Å²) in [7, 11) is 1.62. The Bertz CT molecular complexity index is 218. The lowest BCUT2D eigenvalue weighted by Crippen LogP contribution is -2.29. The predicted octanol–water partition coefficient (Wildman–Crippen LogP) is 0.727. The van der Waals surface area contributed by atoms with E-state index in [9.17, 15) is 4.79 Å². The van der Waals surface area contributed by atoms with Gasteiger partial charge in [-0.25, -0.2) is 0 Å². The van der Waals surface area contributed by atoms with Crippen LogP contribution in [0.5, 0.6) is 0 Å². The van der Waals surface area contributed by atoms with Gasteiger partial charge in [0.1, 0.15) is 5.71 Å². The van der Waals surface area contributed by atoms with Crippen molar-refractivity contribution in [1.29, 1.82) is 0 Å². The van der Waals surface area contributed by atoms with Gasteiger partial charge in [0.25, 0.3) is 5.91 Å². The normalized spacial score (nSPS) is 22.7. The van der Waals surface area contributed by atoms with Gasteiger partial charge in [-0.15, -0.1) is 0 Å². The fourth-order valence-corrected chi connectivity index (χ4v) is 1.00. The Morgan fingerprint density at radius 3 is 3.09 bits per heavy atom. The molecule has 0 aromatic carbocycles. The summed E-state index contributed by atoms with van der Waals surface area (Å²) in [5.74, 6) is 0.362. The maximum atomic E-state index is 11.0. The van der Waals surface area contributed by atoms with E-state index in [0.717, 1.165) is 6.42 Å². The van der Waals surface area contributed by atoms with E-state index in [0.29, 0.717) is 11.6 Å². The molecule has 0 spiro atoms. The minimum Gasteiger partial charge on any atom is -0.354 e. The molecule has 1 aliphatic rings. The molecule has 1 rings (SSSR count). The van der Waals surface area contributed by atoms with Crippen molar-refractivity contribution in [2.24, 2.45) is 10.9 Å². The molecule has 0 aromatic heterocycles. The van der Waals surface area contributed by atoms with E-state index in [4.69, 9.17) is 0 Å². The molecule has 0 saturated heterocycles. The van der Waals surface area contributed by atoms with Crippen LogP contribution in [0.1, 0.15) is 13.3 Å². The van der Waals surface area contributed by atoms with Crippen LogP contribution in [0.3, 0.4) is 0 Å². The third kappa shape index (κ3) is 1.90. The first-order valence-electron chi connectivity index (χ1n) is 3.69. The van der Waals surface area contributed by atoms with Crippen LogP contribution in [0, 0.1) is 5.92 Å². The van der Waals surface area contributed by atoms with Crippen molar-refractivity contribution in [2.45, 2.75) is 13.3 Å². The first-order chi connectivity index (χ1) is 5.24. The van der Waals surface area contributed by atoms with Crippen LogP contribution >= 0.6 is 0 Å². The van der Waals surface area contributed by atoms with Gasteiger partial charge in [0.05, 0.1) is 0 Å². The average Bonchev–Trinajstić information content (AvgIpc) is 2.03. The number of nitrogens with zero attached hydrogens (tertiary/aromatic N) is 1. The third-order valence-corrected chi connectivity index (χ3v) is 1.65. The zero-order chi connectivity index (χ0) is 8.27. The van der Waals surface area contributed by atoms with E-state index >= 15 is 0 Å². The van der Waals surface area contributed by atoms with Gasteiger partial charge in [0.15, 0.2) is 0 Å². The monoisotopic (exact) mass is 152 g/mol. The molecule has 0 saturated carbocycles. The zero-order valence-electron chi connectivity index (χ0n) is 6.79. The minimum atomic E-state index is -0.0683. The lowest BCUT2D eigenvalue weighted by Gasteiger charge is -2.11. The van der Waals surface area contributed by atoms with Crippen molar-refractivity contribution in [3.05, 3.63) is 12.3 Å². The van der Waals surface area contributed by atoms with Crippen LogP contribution in [-0.2, 0) is 4.79 Å². The third-order valence-electron chi connectivity index (χ3n) is 1.65. The maximum absolute atomic E-state index is 11.0. The Hall–Kier alpha value is -1.12. The Kier molecular flexibility index (Phi) is 2.41. The van der Waals surface area contributed by atoms with Crippen molar-refractivity contribution in [2.75, 3.05) is 7.05 Å². The molecular weight excluding hydrogens is 140 g/mol. The summed E-state index contributed by atoms with van der Waals surface area (Å²) in [6.45, 7) is 2.06. The smallest absolute Gasteiger partial charge is 0.265 e. The minimum absolute atomic E-state index is 0.0683. The second-order valence-electron chi connectivity index (χ2n) is 2.68. The van der Waals surface area contributed by atoms with Gasteiger partial charge in [-0.2, -0.15) is 0 Å². The number of carbonyl (C=O) groups excluding carboxylic acids is 1. The molecular formula is C8H12N2O. The van der Waals surface area contributed by atoms with Gasteiger partial charge in [-0.3, -0.25) is 9.79 Å². The fourth-order valence-electron chi connectivity index (χ4n) is 1.00. The van der Waals surface area contributed by atoms with Gasteiger partial charge < -0.3 is 5.32 Å². The van der Waals surface area contributed by atoms with Crippen LogP contribution in [-0.4, -0.2) is 18.7 Å². The number of nitrogens with one attached hydrogen (secondary N) is 1. The van der Waals surface area contributed by atoms with Crippen molar-refractivity contribution in [3.8, 4) is 0 Å². The van der Waals surface area contributed by atoms with Crippen LogP contribution < -0.4 is 5.32 Å². The Morgan fingerprint density at radius 1 is 1.82 bits per heavy atom. The van der Waals surface area contributed by atoms with Gasteiger partial charge in [0, 0.05) is 19.7 Å². The Labute approximate surface area is 66.2 Å². The molecule has 60 valence electrons. The second-order valence-corrected chi connectivity index (χ2v) is 2.68. The summed E-state index contributed by atoms with van der Waals surface area (Å²) in [5.41, 5.74) is 0.627. The number of aliphatic imine (C=N–C) groups is 1. The molecule has 0 bridgehead atoms. The van der Waals surface area contributed by atoms with E-state index in [1.165, 1.54) is 0 Å². The Balaban J connectivity index is 2.66. The van der Waals surface area contributed by atoms with Gasteiger partial charge in [-0.1, -0.05) is 13.0 Å². The SMILES string of the molecule is CNC(=O)C1=NC=CC(C)C1. The molecule has 0 aliphatic carbocycles. The molecule has 1 unspecified atom stereocenters. The molecule has 1 amide bonds. The summed E-state index contributed by atoms with van der Waals surface area (Å²) < 4.78 is 0. The van der Waals surface area contributed by atoms with E-state index < -0.39 is 0 Å². The number of allylic oxidation sites excluding steroid dienone is 1. The fraction of sp³-hybridized carbons (Fsp3) is 0.500. The summed E-state index contributed by atoms with van der Waals surface area (Å²) in [5, 5.41) is 2.55. The topological polar surface area (TPSA) is 41.5 Å². The van der Waals surface area contributed by atoms with Crippen LogP contribution in [0.25, 0.3) is 0 Å². The standard InChI is InChI=1S/C8H12N2O/c1-6-3-4-10-7(5-6)8(11)9-2/h3-4,6H,5H2,1-2H3,(H,9,11). The highest BCUT2D eigenvalue weighted by Gasteiger charge is 2.13. The average molecular weight is 152 g/mol. The molecule has 0 fully saturated rings. The van der Waals surface area contributed by atoms with E-state index in [1.807, 2.05) is 6.08 Å². The van der Waals surface area contributed by atoms with E-state index in [2.05, 4.69) is 17.2 Å². The molecule has 0 aromatic rings. The summed E-state index contributed by atoms with van der Waals surface area (Å²) >= 11 is 0. The zero-order valence-corrected chi connectivity index (χ0v) is 6.79. The quantitative estimate of drug-likeness (QED) is 0.591. The summed E-state index contributed by atoms with van der Waals surface area (Å²) in [6.07, 6.45) is 4.43. The van der Waals surface area contributed by atoms with Crippen LogP contribution in [0.2, 0.25) is 0 Å². The largest absolute Gasteiger partial charge is 0.354 e.